The maximum atomic E-state index is 12.6. The Hall–Kier alpha value is -1.94. The Balaban J connectivity index is 1.74. The van der Waals surface area contributed by atoms with Crippen molar-refractivity contribution in [1.29, 1.82) is 0 Å². The van der Waals surface area contributed by atoms with E-state index >= 15 is 0 Å². The second-order valence-electron chi connectivity index (χ2n) is 7.05. The lowest BCUT2D eigenvalue weighted by atomic mass is 9.97. The fraction of sp³-hybridized carbons (Fsp3) is 0.368. The molecule has 2 aromatic rings. The first-order valence-corrected chi connectivity index (χ1v) is 12.1. The highest BCUT2D eigenvalue weighted by Crippen LogP contribution is 2.25. The number of sulfonamides is 2. The van der Waals surface area contributed by atoms with Gasteiger partial charge in [0.2, 0.25) is 20.0 Å². The molecule has 28 heavy (non-hydrogen) atoms. The Kier molecular flexibility index (Phi) is 5.81. The first-order valence-electron chi connectivity index (χ1n) is 9.00. The largest absolute Gasteiger partial charge is 0.384 e. The molecule has 7 nitrogen and oxygen atoms in total. The average molecular weight is 425 g/mol. The highest BCUT2D eigenvalue weighted by molar-refractivity contribution is 7.92. The van der Waals surface area contributed by atoms with Crippen molar-refractivity contribution in [1.82, 2.24) is 4.72 Å². The zero-order valence-corrected chi connectivity index (χ0v) is 17.2. The van der Waals surface area contributed by atoms with Crippen LogP contribution in [0.2, 0.25) is 0 Å². The van der Waals surface area contributed by atoms with E-state index in [1.54, 1.807) is 24.3 Å². The summed E-state index contributed by atoms with van der Waals surface area (Å²) in [4.78, 5) is 0.00881. The van der Waals surface area contributed by atoms with Crippen LogP contribution in [-0.2, 0) is 25.6 Å². The first kappa shape index (κ1) is 20.8. The Morgan fingerprint density at radius 3 is 2.32 bits per heavy atom. The summed E-state index contributed by atoms with van der Waals surface area (Å²) in [6.45, 7) is 1.74. The van der Waals surface area contributed by atoms with E-state index in [0.717, 1.165) is 6.42 Å². The summed E-state index contributed by atoms with van der Waals surface area (Å²) in [5, 5.41) is 10.6. The highest BCUT2D eigenvalue weighted by atomic mass is 32.2. The minimum atomic E-state index is -3.86. The molecule has 1 saturated heterocycles. The number of anilines is 1. The van der Waals surface area contributed by atoms with E-state index in [1.165, 1.54) is 35.5 Å². The van der Waals surface area contributed by atoms with Gasteiger partial charge in [-0.3, -0.25) is 4.31 Å². The molecule has 1 heterocycles. The summed E-state index contributed by atoms with van der Waals surface area (Å²) < 4.78 is 53.2. The number of hydrogen-bond acceptors (Lipinski definition) is 5. The van der Waals surface area contributed by atoms with Crippen molar-refractivity contribution in [3.05, 3.63) is 60.2 Å². The Bertz CT molecular complexity index is 1020. The molecule has 2 N–H and O–H groups in total. The maximum Gasteiger partial charge on any atom is 0.240 e. The van der Waals surface area contributed by atoms with E-state index in [9.17, 15) is 21.9 Å². The molecule has 0 bridgehead atoms. The van der Waals surface area contributed by atoms with Crippen LogP contribution in [0.4, 0.5) is 5.69 Å². The van der Waals surface area contributed by atoms with Crippen molar-refractivity contribution in [3.8, 4) is 0 Å². The highest BCUT2D eigenvalue weighted by Gasteiger charge is 2.28. The van der Waals surface area contributed by atoms with Gasteiger partial charge in [-0.1, -0.05) is 30.3 Å². The van der Waals surface area contributed by atoms with Crippen LogP contribution >= 0.6 is 0 Å². The number of benzene rings is 2. The van der Waals surface area contributed by atoms with Crippen molar-refractivity contribution in [3.63, 3.8) is 0 Å². The summed E-state index contributed by atoms with van der Waals surface area (Å²) >= 11 is 0. The second-order valence-corrected chi connectivity index (χ2v) is 10.8. The number of nitrogens with one attached hydrogen (secondary N) is 1. The minimum Gasteiger partial charge on any atom is -0.384 e. The van der Waals surface area contributed by atoms with Crippen molar-refractivity contribution in [2.75, 3.05) is 23.1 Å². The van der Waals surface area contributed by atoms with Crippen LogP contribution in [0.15, 0.2) is 59.5 Å². The lowest BCUT2D eigenvalue weighted by Gasteiger charge is -2.28. The lowest BCUT2D eigenvalue weighted by Crippen LogP contribution is -2.39. The fourth-order valence-corrected chi connectivity index (χ4v) is 5.86. The van der Waals surface area contributed by atoms with Crippen molar-refractivity contribution >= 4 is 25.7 Å². The van der Waals surface area contributed by atoms with E-state index < -0.39 is 25.6 Å². The molecule has 2 aromatic carbocycles. The predicted octanol–water partition coefficient (Wildman–Crippen LogP) is 1.80. The zero-order chi connectivity index (χ0) is 20.4. The number of aliphatic hydroxyl groups is 1. The van der Waals surface area contributed by atoms with Crippen LogP contribution in [-0.4, -0.2) is 40.8 Å². The number of nitrogens with zero attached hydrogens (tertiary/aromatic N) is 1. The Morgan fingerprint density at radius 2 is 1.71 bits per heavy atom. The topological polar surface area (TPSA) is 104 Å². The quantitative estimate of drug-likeness (QED) is 0.736. The summed E-state index contributed by atoms with van der Waals surface area (Å²) in [5.74, 6) is 0.100. The van der Waals surface area contributed by atoms with Crippen LogP contribution in [0.25, 0.3) is 0 Å². The summed E-state index contributed by atoms with van der Waals surface area (Å²) in [6.07, 6.45) is 1.41. The molecule has 3 rings (SSSR count). The van der Waals surface area contributed by atoms with E-state index in [4.69, 9.17) is 0 Å². The van der Waals surface area contributed by atoms with Gasteiger partial charge in [0, 0.05) is 13.1 Å². The molecule has 0 aliphatic carbocycles. The molecule has 1 fully saturated rings. The SMILES string of the molecule is C[C@@](O)(CNS(=O)(=O)c1ccc(N2CCCCS2(=O)=O)cc1)c1ccccc1. The molecule has 0 spiro atoms. The minimum absolute atomic E-state index is 0.00881. The molecule has 0 amide bonds. The first-order chi connectivity index (χ1) is 13.1. The summed E-state index contributed by atoms with van der Waals surface area (Å²) in [5.41, 5.74) is -0.311. The third-order valence-electron chi connectivity index (χ3n) is 4.79. The number of hydrogen-bond donors (Lipinski definition) is 2. The molecule has 9 heteroatoms. The summed E-state index contributed by atoms with van der Waals surface area (Å²) in [6, 6.07) is 14.5. The predicted molar refractivity (Wildman–Crippen MR) is 108 cm³/mol. The van der Waals surface area contributed by atoms with Crippen LogP contribution in [0, 0.1) is 0 Å². The van der Waals surface area contributed by atoms with Gasteiger partial charge in [-0.2, -0.15) is 0 Å². The van der Waals surface area contributed by atoms with Gasteiger partial charge < -0.3 is 5.11 Å². The third-order valence-corrected chi connectivity index (χ3v) is 8.07. The van der Waals surface area contributed by atoms with Gasteiger partial charge in [0.25, 0.3) is 0 Å². The normalized spacial score (nSPS) is 19.1. The molecular formula is C19H24N2O5S2. The van der Waals surface area contributed by atoms with Crippen molar-refractivity contribution < 1.29 is 21.9 Å². The van der Waals surface area contributed by atoms with Crippen molar-refractivity contribution in [2.45, 2.75) is 30.3 Å². The van der Waals surface area contributed by atoms with Gasteiger partial charge in [-0.05, 0) is 49.6 Å². The molecular weight excluding hydrogens is 400 g/mol. The fourth-order valence-electron chi connectivity index (χ4n) is 3.09. The van der Waals surface area contributed by atoms with Gasteiger partial charge in [0.05, 0.1) is 16.3 Å². The maximum absolute atomic E-state index is 12.6. The molecule has 0 unspecified atom stereocenters. The molecule has 0 aromatic heterocycles. The van der Waals surface area contributed by atoms with Crippen LogP contribution < -0.4 is 9.03 Å². The molecule has 0 saturated carbocycles. The third kappa shape index (κ3) is 4.54. The van der Waals surface area contributed by atoms with E-state index in [2.05, 4.69) is 4.72 Å². The van der Waals surface area contributed by atoms with E-state index in [1.807, 2.05) is 6.07 Å². The molecule has 1 aliphatic heterocycles. The second kappa shape index (κ2) is 7.82. The van der Waals surface area contributed by atoms with Crippen LogP contribution in [0.3, 0.4) is 0 Å². The molecule has 1 atom stereocenters. The molecule has 0 radical (unpaired) electrons. The standard InChI is InChI=1S/C19H24N2O5S2/c1-19(22,16-7-3-2-4-8-16)15-20-28(25,26)18-11-9-17(10-12-18)21-13-5-6-14-27(21,23)24/h2-4,7-12,20,22H,5-6,13-15H2,1H3/t19-/m1/s1. The molecule has 1 aliphatic rings. The van der Waals surface area contributed by atoms with E-state index in [0.29, 0.717) is 24.2 Å². The van der Waals surface area contributed by atoms with Gasteiger partial charge >= 0.3 is 0 Å². The average Bonchev–Trinajstić information content (AvgIpc) is 2.67. The van der Waals surface area contributed by atoms with Crippen LogP contribution in [0.1, 0.15) is 25.3 Å². The smallest absolute Gasteiger partial charge is 0.240 e. The van der Waals surface area contributed by atoms with Gasteiger partial charge in [-0.15, -0.1) is 0 Å². The van der Waals surface area contributed by atoms with Gasteiger partial charge in [0.1, 0.15) is 5.60 Å². The number of rotatable bonds is 6. The van der Waals surface area contributed by atoms with Gasteiger partial charge in [-0.25, -0.2) is 21.6 Å². The summed E-state index contributed by atoms with van der Waals surface area (Å²) in [7, 11) is -7.21. The zero-order valence-electron chi connectivity index (χ0n) is 15.6. The Morgan fingerprint density at radius 1 is 1.07 bits per heavy atom. The van der Waals surface area contributed by atoms with Crippen LogP contribution in [0.5, 0.6) is 0 Å². The Labute approximate surface area is 166 Å². The monoisotopic (exact) mass is 424 g/mol. The van der Waals surface area contributed by atoms with Crippen molar-refractivity contribution in [2.24, 2.45) is 0 Å². The molecule has 152 valence electrons. The van der Waals surface area contributed by atoms with E-state index in [-0.39, 0.29) is 17.2 Å². The van der Waals surface area contributed by atoms with Gasteiger partial charge in [0.15, 0.2) is 0 Å². The lowest BCUT2D eigenvalue weighted by molar-refractivity contribution is 0.0627.